The lowest BCUT2D eigenvalue weighted by Gasteiger charge is -2.21. The van der Waals surface area contributed by atoms with Crippen LogP contribution in [0.3, 0.4) is 0 Å². The maximum Gasteiger partial charge on any atom is 0.472 e. The fourth-order valence-electron chi connectivity index (χ4n) is 9.76. The van der Waals surface area contributed by atoms with E-state index in [9.17, 15) is 43.2 Å². The Hall–Kier alpha value is -2.46. The Bertz CT molecular complexity index is 1830. The molecule has 0 saturated carbocycles. The molecule has 0 aliphatic heterocycles. The average molecular weight is 1290 g/mol. The molecule has 0 rings (SSSR count). The Labute approximate surface area is 535 Å². The molecule has 19 heteroatoms. The lowest BCUT2D eigenvalue weighted by atomic mass is 10.00. The van der Waals surface area contributed by atoms with Gasteiger partial charge in [-0.15, -0.1) is 0 Å². The molecule has 3 N–H and O–H groups in total. The second kappa shape index (κ2) is 59.5. The first-order chi connectivity index (χ1) is 42.3. The Morgan fingerprint density at radius 1 is 0.375 bits per heavy atom. The highest BCUT2D eigenvalue weighted by molar-refractivity contribution is 7.47. The number of esters is 4. The van der Waals surface area contributed by atoms with Crippen molar-refractivity contribution in [3.8, 4) is 0 Å². The van der Waals surface area contributed by atoms with E-state index in [4.69, 9.17) is 37.0 Å². The first-order valence-corrected chi connectivity index (χ1v) is 38.2. The van der Waals surface area contributed by atoms with Crippen molar-refractivity contribution in [2.45, 2.75) is 336 Å². The first-order valence-electron chi connectivity index (χ1n) is 35.2. The summed E-state index contributed by atoms with van der Waals surface area (Å²) < 4.78 is 68.2. The van der Waals surface area contributed by atoms with Crippen molar-refractivity contribution >= 4 is 39.5 Å². The summed E-state index contributed by atoms with van der Waals surface area (Å²) >= 11 is 0. The van der Waals surface area contributed by atoms with E-state index >= 15 is 0 Å². The molecule has 88 heavy (non-hydrogen) atoms. The minimum absolute atomic E-state index is 0.0983. The summed E-state index contributed by atoms with van der Waals surface area (Å²) in [5, 5.41) is 10.6. The number of phosphoric ester groups is 2. The fraction of sp³-hybridized carbons (Fsp3) is 0.884. The zero-order valence-corrected chi connectivity index (χ0v) is 58.5. The predicted octanol–water partition coefficient (Wildman–Crippen LogP) is 19.0. The van der Waals surface area contributed by atoms with Gasteiger partial charge in [-0.05, 0) is 69.1 Å². The van der Waals surface area contributed by atoms with Gasteiger partial charge in [0.25, 0.3) is 0 Å². The van der Waals surface area contributed by atoms with Crippen molar-refractivity contribution < 1.29 is 80.2 Å². The molecule has 0 saturated heterocycles. The number of carbonyl (C=O) groups is 4. The van der Waals surface area contributed by atoms with Crippen molar-refractivity contribution in [1.29, 1.82) is 0 Å². The van der Waals surface area contributed by atoms with E-state index in [1.807, 2.05) is 0 Å². The molecule has 0 radical (unpaired) electrons. The molecule has 0 fully saturated rings. The van der Waals surface area contributed by atoms with Gasteiger partial charge in [-0.1, -0.05) is 265 Å². The van der Waals surface area contributed by atoms with Gasteiger partial charge in [-0.25, -0.2) is 9.13 Å². The second-order valence-corrected chi connectivity index (χ2v) is 28.1. The predicted molar refractivity (Wildman–Crippen MR) is 354 cm³/mol. The molecule has 17 nitrogen and oxygen atoms in total. The number of hydrogen-bond donors (Lipinski definition) is 3. The zero-order chi connectivity index (χ0) is 65.2. The highest BCUT2D eigenvalue weighted by Gasteiger charge is 2.30. The molecule has 518 valence electrons. The van der Waals surface area contributed by atoms with Crippen LogP contribution in [-0.4, -0.2) is 96.7 Å². The van der Waals surface area contributed by atoms with Crippen LogP contribution in [0.15, 0.2) is 24.3 Å². The molecule has 0 aromatic rings. The average Bonchev–Trinajstić information content (AvgIpc) is 3.71. The van der Waals surface area contributed by atoms with Crippen LogP contribution < -0.4 is 0 Å². The van der Waals surface area contributed by atoms with Gasteiger partial charge in [0.1, 0.15) is 19.3 Å². The van der Waals surface area contributed by atoms with Crippen LogP contribution in [0.2, 0.25) is 0 Å². The summed E-state index contributed by atoms with van der Waals surface area (Å²) in [7, 11) is -9.91. The standard InChI is InChI=1S/C69H130O17P2/c1-8-11-12-13-14-15-16-17-18-19-20-24-27-36-43-50-66(71)79-56-64(85-68(73)52-45-38-28-25-22-21-23-26-33-40-47-60(4)5)58-83-87(75,76)81-54-63(70)55-82-88(77,78)84-59-65(86-69(74)53-46-39-32-30-35-42-49-62(7)10-3)57-80-67(72)51-44-37-31-29-34-41-48-61(6)9-2/h15-18,60-65,70H,8-14,19-59H2,1-7H3,(H,75,76)(H,77,78)/b16-15-,18-17-/t61?,62?,63-,64-,65-/m1/s1. The molecule has 0 aliphatic rings. The van der Waals surface area contributed by atoms with E-state index in [2.05, 4.69) is 72.8 Å². The van der Waals surface area contributed by atoms with Crippen LogP contribution in [0.1, 0.15) is 318 Å². The van der Waals surface area contributed by atoms with Crippen LogP contribution in [0.25, 0.3) is 0 Å². The summed E-state index contributed by atoms with van der Waals surface area (Å²) in [6, 6.07) is 0. The SMILES string of the molecule is CCCCCC/C=C\C=C/CCCCCCCC(=O)OC[C@H](COP(=O)(O)OC[C@@H](O)COP(=O)(O)OC[C@@H](COC(=O)CCCCCCCCC(C)CC)OC(=O)CCCCCCCCC(C)CC)OC(=O)CCCCCCCCCCCCC(C)C. The number of rotatable bonds is 65. The lowest BCUT2D eigenvalue weighted by Crippen LogP contribution is -2.30. The topological polar surface area (TPSA) is 237 Å². The van der Waals surface area contributed by atoms with Crippen LogP contribution in [-0.2, 0) is 65.4 Å². The van der Waals surface area contributed by atoms with E-state index in [0.717, 1.165) is 133 Å². The molecule has 4 unspecified atom stereocenters. The number of unbranched alkanes of at least 4 members (excludes halogenated alkanes) is 28. The van der Waals surface area contributed by atoms with Crippen molar-refractivity contribution in [1.82, 2.24) is 0 Å². The summed E-state index contributed by atoms with van der Waals surface area (Å²) in [5.74, 6) is 0.0340. The van der Waals surface area contributed by atoms with Crippen LogP contribution in [0.5, 0.6) is 0 Å². The van der Waals surface area contributed by atoms with Crippen molar-refractivity contribution in [2.75, 3.05) is 39.6 Å². The van der Waals surface area contributed by atoms with Crippen LogP contribution in [0, 0.1) is 17.8 Å². The lowest BCUT2D eigenvalue weighted by molar-refractivity contribution is -0.161. The molecule has 0 aromatic heterocycles. The molecule has 0 heterocycles. The zero-order valence-electron chi connectivity index (χ0n) is 56.7. The van der Waals surface area contributed by atoms with Gasteiger partial charge in [0.2, 0.25) is 0 Å². The van der Waals surface area contributed by atoms with Gasteiger partial charge in [0, 0.05) is 25.7 Å². The Balaban J connectivity index is 5.29. The number of aliphatic hydroxyl groups is 1. The Morgan fingerprint density at radius 2 is 0.670 bits per heavy atom. The van der Waals surface area contributed by atoms with Crippen molar-refractivity contribution in [2.24, 2.45) is 17.8 Å². The largest absolute Gasteiger partial charge is 0.472 e. The number of allylic oxidation sites excluding steroid dienone is 4. The van der Waals surface area contributed by atoms with Crippen molar-refractivity contribution in [3.63, 3.8) is 0 Å². The number of ether oxygens (including phenoxy) is 4. The Morgan fingerprint density at radius 3 is 1.01 bits per heavy atom. The third-order valence-electron chi connectivity index (χ3n) is 16.0. The van der Waals surface area contributed by atoms with Gasteiger partial charge >= 0.3 is 39.5 Å². The van der Waals surface area contributed by atoms with E-state index in [0.29, 0.717) is 25.7 Å². The highest BCUT2D eigenvalue weighted by atomic mass is 31.2. The number of hydrogen-bond acceptors (Lipinski definition) is 15. The minimum atomic E-state index is -4.96. The first kappa shape index (κ1) is 85.5. The quantitative estimate of drug-likeness (QED) is 0.0169. The summed E-state index contributed by atoms with van der Waals surface area (Å²) in [4.78, 5) is 72.4. The summed E-state index contributed by atoms with van der Waals surface area (Å²) in [5.41, 5.74) is 0. The van der Waals surface area contributed by atoms with Gasteiger partial charge in [0.15, 0.2) is 12.2 Å². The molecule has 0 bridgehead atoms. The smallest absolute Gasteiger partial charge is 0.462 e. The third kappa shape index (κ3) is 59.8. The third-order valence-corrected chi connectivity index (χ3v) is 17.9. The monoisotopic (exact) mass is 1290 g/mol. The molecule has 0 spiro atoms. The number of phosphoric acid groups is 2. The molecule has 0 aliphatic carbocycles. The van der Waals surface area contributed by atoms with E-state index < -0.39 is 97.5 Å². The molecule has 0 amide bonds. The van der Waals surface area contributed by atoms with E-state index in [-0.39, 0.29) is 25.7 Å². The molecule has 0 aromatic carbocycles. The fourth-order valence-corrected chi connectivity index (χ4v) is 11.3. The van der Waals surface area contributed by atoms with Crippen LogP contribution in [0.4, 0.5) is 0 Å². The van der Waals surface area contributed by atoms with Gasteiger partial charge in [-0.2, -0.15) is 0 Å². The molecular formula is C69H130O17P2. The van der Waals surface area contributed by atoms with Gasteiger partial charge in [0.05, 0.1) is 26.4 Å². The maximum absolute atomic E-state index is 13.0. The summed E-state index contributed by atoms with van der Waals surface area (Å²) in [6.07, 6.45) is 45.3. The number of carbonyl (C=O) groups excluding carboxylic acids is 4. The normalized spacial score (nSPS) is 15.0. The van der Waals surface area contributed by atoms with Crippen LogP contribution >= 0.6 is 15.6 Å². The minimum Gasteiger partial charge on any atom is -0.462 e. The van der Waals surface area contributed by atoms with E-state index in [1.54, 1.807) is 0 Å². The molecule has 7 atom stereocenters. The number of aliphatic hydroxyl groups excluding tert-OH is 1. The van der Waals surface area contributed by atoms with E-state index in [1.165, 1.54) is 103 Å². The maximum atomic E-state index is 13.0. The van der Waals surface area contributed by atoms with Gasteiger partial charge < -0.3 is 33.8 Å². The Kier molecular flexibility index (Phi) is 57.9. The van der Waals surface area contributed by atoms with Crippen molar-refractivity contribution in [3.05, 3.63) is 24.3 Å². The second-order valence-electron chi connectivity index (χ2n) is 25.2. The summed E-state index contributed by atoms with van der Waals surface area (Å²) in [6.45, 7) is 11.7. The molecular weight excluding hydrogens is 1160 g/mol. The van der Waals surface area contributed by atoms with Gasteiger partial charge in [-0.3, -0.25) is 37.3 Å². The highest BCUT2D eigenvalue weighted by Crippen LogP contribution is 2.45.